The minimum Gasteiger partial charge on any atom is -0.271 e. The van der Waals surface area contributed by atoms with Gasteiger partial charge in [0.1, 0.15) is 0 Å². The summed E-state index contributed by atoms with van der Waals surface area (Å²) in [7, 11) is 0. The lowest BCUT2D eigenvalue weighted by atomic mass is 9.92. The molecule has 0 heterocycles. The number of halogens is 2. The maximum Gasteiger partial charge on any atom is 0.0515 e. The second-order valence-electron chi connectivity index (χ2n) is 5.47. The van der Waals surface area contributed by atoms with Gasteiger partial charge in [-0.25, -0.2) is 0 Å². The van der Waals surface area contributed by atoms with Crippen molar-refractivity contribution in [3.63, 3.8) is 0 Å². The maximum atomic E-state index is 6.29. The Bertz CT molecular complexity index is 630. The first kappa shape index (κ1) is 16.3. The zero-order chi connectivity index (χ0) is 15.6. The van der Waals surface area contributed by atoms with Crippen molar-refractivity contribution in [2.45, 2.75) is 33.2 Å². The molecule has 2 aromatic rings. The van der Waals surface area contributed by atoms with Crippen LogP contribution in [0.2, 0.25) is 10.0 Å². The molecular weight excluding hydrogens is 303 g/mol. The molecule has 0 aromatic heterocycles. The second kappa shape index (κ2) is 6.80. The van der Waals surface area contributed by atoms with Crippen molar-refractivity contribution in [3.05, 3.63) is 68.2 Å². The van der Waals surface area contributed by atoms with Crippen LogP contribution in [-0.4, -0.2) is 0 Å². The molecule has 3 N–H and O–H groups in total. The molecule has 2 rings (SSSR count). The zero-order valence-corrected chi connectivity index (χ0v) is 14.0. The predicted octanol–water partition coefficient (Wildman–Crippen LogP) is 4.67. The van der Waals surface area contributed by atoms with Crippen LogP contribution in [0.4, 0.5) is 0 Å². The average molecular weight is 323 g/mol. The Labute approximate surface area is 136 Å². The van der Waals surface area contributed by atoms with Crippen molar-refractivity contribution < 1.29 is 0 Å². The number of nitrogens with one attached hydrogen (secondary N) is 1. The third kappa shape index (κ3) is 3.78. The first-order chi connectivity index (χ1) is 9.92. The van der Waals surface area contributed by atoms with Gasteiger partial charge in [-0.1, -0.05) is 40.9 Å². The topological polar surface area (TPSA) is 38.0 Å². The molecule has 0 saturated carbocycles. The monoisotopic (exact) mass is 322 g/mol. The smallest absolute Gasteiger partial charge is 0.0515 e. The van der Waals surface area contributed by atoms with Gasteiger partial charge in [0, 0.05) is 10.0 Å². The lowest BCUT2D eigenvalue weighted by molar-refractivity contribution is 0.550. The normalized spacial score (nSPS) is 12.5. The number of benzene rings is 2. The van der Waals surface area contributed by atoms with Crippen LogP contribution in [0.3, 0.4) is 0 Å². The average Bonchev–Trinajstić information content (AvgIpc) is 2.41. The van der Waals surface area contributed by atoms with Gasteiger partial charge in [0.2, 0.25) is 0 Å². The van der Waals surface area contributed by atoms with E-state index in [0.29, 0.717) is 10.0 Å². The number of aryl methyl sites for hydroxylation is 3. The van der Waals surface area contributed by atoms with Crippen molar-refractivity contribution in [2.24, 2.45) is 5.84 Å². The molecule has 21 heavy (non-hydrogen) atoms. The summed E-state index contributed by atoms with van der Waals surface area (Å²) in [4.78, 5) is 0. The zero-order valence-electron chi connectivity index (χ0n) is 12.5. The van der Waals surface area contributed by atoms with Gasteiger partial charge in [-0.05, 0) is 67.6 Å². The van der Waals surface area contributed by atoms with Gasteiger partial charge in [-0.2, -0.15) is 0 Å². The van der Waals surface area contributed by atoms with Crippen LogP contribution in [0.1, 0.15) is 33.9 Å². The van der Waals surface area contributed by atoms with E-state index >= 15 is 0 Å². The number of nitrogens with two attached hydrogens (primary N) is 1. The molecule has 2 aromatic carbocycles. The molecule has 112 valence electrons. The fourth-order valence-corrected chi connectivity index (χ4v) is 3.21. The molecule has 0 amide bonds. The third-order valence-electron chi connectivity index (χ3n) is 3.78. The van der Waals surface area contributed by atoms with Crippen LogP contribution in [0.5, 0.6) is 0 Å². The van der Waals surface area contributed by atoms with E-state index in [1.807, 2.05) is 6.07 Å². The molecule has 0 fully saturated rings. The first-order valence-corrected chi connectivity index (χ1v) is 7.65. The summed E-state index contributed by atoms with van der Waals surface area (Å²) in [6, 6.07) is 9.76. The van der Waals surface area contributed by atoms with E-state index < -0.39 is 0 Å². The summed E-state index contributed by atoms with van der Waals surface area (Å²) in [5, 5.41) is 1.33. The summed E-state index contributed by atoms with van der Waals surface area (Å²) >= 11 is 12.4. The third-order valence-corrected chi connectivity index (χ3v) is 4.36. The van der Waals surface area contributed by atoms with E-state index in [9.17, 15) is 0 Å². The van der Waals surface area contributed by atoms with Crippen LogP contribution in [-0.2, 0) is 6.42 Å². The Morgan fingerprint density at radius 1 is 1.05 bits per heavy atom. The Hall–Kier alpha value is -1.06. The Morgan fingerprint density at radius 3 is 2.24 bits per heavy atom. The van der Waals surface area contributed by atoms with Gasteiger partial charge in [0.15, 0.2) is 0 Å². The molecule has 0 aliphatic heterocycles. The van der Waals surface area contributed by atoms with E-state index in [2.05, 4.69) is 38.3 Å². The summed E-state index contributed by atoms with van der Waals surface area (Å²) in [5.41, 5.74) is 8.88. The number of hydrogen-bond acceptors (Lipinski definition) is 2. The van der Waals surface area contributed by atoms with Gasteiger partial charge in [-0.15, -0.1) is 0 Å². The van der Waals surface area contributed by atoms with Gasteiger partial charge >= 0.3 is 0 Å². The molecule has 0 spiro atoms. The van der Waals surface area contributed by atoms with Gasteiger partial charge in [0.05, 0.1) is 6.04 Å². The van der Waals surface area contributed by atoms with Crippen molar-refractivity contribution in [1.82, 2.24) is 5.43 Å². The largest absolute Gasteiger partial charge is 0.271 e. The van der Waals surface area contributed by atoms with Gasteiger partial charge in [0.25, 0.3) is 0 Å². The molecular formula is C17H20Cl2N2. The molecule has 0 aliphatic rings. The first-order valence-electron chi connectivity index (χ1n) is 6.90. The van der Waals surface area contributed by atoms with Crippen LogP contribution in [0, 0.1) is 20.8 Å². The highest BCUT2D eigenvalue weighted by Gasteiger charge is 2.17. The number of rotatable bonds is 4. The second-order valence-corrected chi connectivity index (χ2v) is 6.31. The van der Waals surface area contributed by atoms with E-state index in [4.69, 9.17) is 29.0 Å². The molecule has 0 aliphatic carbocycles. The molecule has 4 heteroatoms. The summed E-state index contributed by atoms with van der Waals surface area (Å²) in [6.07, 6.45) is 0.772. The molecule has 1 unspecified atom stereocenters. The Balaban J connectivity index is 2.38. The molecule has 0 saturated heterocycles. The van der Waals surface area contributed by atoms with Crippen molar-refractivity contribution in [3.8, 4) is 0 Å². The Morgan fingerprint density at radius 2 is 1.67 bits per heavy atom. The van der Waals surface area contributed by atoms with E-state index in [1.165, 1.54) is 22.3 Å². The predicted molar refractivity (Wildman–Crippen MR) is 90.9 cm³/mol. The van der Waals surface area contributed by atoms with Crippen LogP contribution >= 0.6 is 23.2 Å². The lowest BCUT2D eigenvalue weighted by Crippen LogP contribution is -2.30. The minimum atomic E-state index is -0.0729. The fourth-order valence-electron chi connectivity index (χ4n) is 2.78. The highest BCUT2D eigenvalue weighted by Crippen LogP contribution is 2.30. The van der Waals surface area contributed by atoms with Crippen LogP contribution in [0.15, 0.2) is 30.3 Å². The lowest BCUT2D eigenvalue weighted by Gasteiger charge is -2.21. The highest BCUT2D eigenvalue weighted by atomic mass is 35.5. The quantitative estimate of drug-likeness (QED) is 0.634. The molecule has 0 bridgehead atoms. The SMILES string of the molecule is Cc1cc(C)c(CC(NN)c2cc(Cl)ccc2Cl)c(C)c1. The fraction of sp³-hybridized carbons (Fsp3) is 0.294. The molecule has 2 nitrogen and oxygen atoms in total. The standard InChI is InChI=1S/C17H20Cl2N2/c1-10-6-11(2)14(12(3)7-10)9-17(21-20)15-8-13(18)4-5-16(15)19/h4-8,17,21H,9,20H2,1-3H3. The number of hydrazine groups is 1. The van der Waals surface area contributed by atoms with Gasteiger partial charge < -0.3 is 0 Å². The van der Waals surface area contributed by atoms with Crippen molar-refractivity contribution in [2.75, 3.05) is 0 Å². The van der Waals surface area contributed by atoms with E-state index in [1.54, 1.807) is 12.1 Å². The molecule has 1 atom stereocenters. The van der Waals surface area contributed by atoms with Crippen molar-refractivity contribution in [1.29, 1.82) is 0 Å². The van der Waals surface area contributed by atoms with Crippen molar-refractivity contribution >= 4 is 23.2 Å². The highest BCUT2D eigenvalue weighted by molar-refractivity contribution is 6.33. The van der Waals surface area contributed by atoms with Crippen LogP contribution < -0.4 is 11.3 Å². The molecule has 0 radical (unpaired) electrons. The van der Waals surface area contributed by atoms with E-state index in [0.717, 1.165) is 12.0 Å². The van der Waals surface area contributed by atoms with Crippen LogP contribution in [0.25, 0.3) is 0 Å². The summed E-state index contributed by atoms with van der Waals surface area (Å²) in [6.45, 7) is 6.36. The number of hydrogen-bond donors (Lipinski definition) is 2. The Kier molecular flexibility index (Phi) is 5.28. The van der Waals surface area contributed by atoms with E-state index in [-0.39, 0.29) is 6.04 Å². The minimum absolute atomic E-state index is 0.0729. The van der Waals surface area contributed by atoms with Gasteiger partial charge in [-0.3, -0.25) is 11.3 Å². The summed E-state index contributed by atoms with van der Waals surface area (Å²) < 4.78 is 0. The maximum absolute atomic E-state index is 6.29. The summed E-state index contributed by atoms with van der Waals surface area (Å²) in [5.74, 6) is 5.75.